The summed E-state index contributed by atoms with van der Waals surface area (Å²) in [5.41, 5.74) is 4.21. The molecule has 140 valence electrons. The molecule has 0 saturated heterocycles. The Balaban J connectivity index is 1.73. The van der Waals surface area contributed by atoms with Crippen LogP contribution in [0.4, 0.5) is 0 Å². The van der Waals surface area contributed by atoms with E-state index >= 15 is 0 Å². The van der Waals surface area contributed by atoms with Gasteiger partial charge >= 0.3 is 5.97 Å². The molecular formula is C24H32O2. The summed E-state index contributed by atoms with van der Waals surface area (Å²) in [4.78, 5) is 11.7. The number of carbonyl (C=O) groups is 1. The van der Waals surface area contributed by atoms with E-state index in [4.69, 9.17) is 4.74 Å². The van der Waals surface area contributed by atoms with Gasteiger partial charge in [0.05, 0.1) is 12.2 Å². The molecule has 0 bridgehead atoms. The average molecular weight is 353 g/mol. The van der Waals surface area contributed by atoms with Crippen molar-refractivity contribution in [2.45, 2.75) is 60.3 Å². The van der Waals surface area contributed by atoms with E-state index in [-0.39, 0.29) is 5.97 Å². The molecule has 2 unspecified atom stereocenters. The summed E-state index contributed by atoms with van der Waals surface area (Å²) in [5, 5.41) is 0. The predicted octanol–water partition coefficient (Wildman–Crippen LogP) is 6.43. The van der Waals surface area contributed by atoms with Crippen LogP contribution < -0.4 is 0 Å². The molecule has 2 saturated carbocycles. The van der Waals surface area contributed by atoms with Crippen molar-refractivity contribution in [2.24, 2.45) is 16.2 Å². The van der Waals surface area contributed by atoms with Gasteiger partial charge in [-0.1, -0.05) is 63.1 Å². The van der Waals surface area contributed by atoms with Gasteiger partial charge in [0.15, 0.2) is 0 Å². The second-order valence-electron chi connectivity index (χ2n) is 9.01. The van der Waals surface area contributed by atoms with Crippen molar-refractivity contribution in [3.8, 4) is 0 Å². The van der Waals surface area contributed by atoms with E-state index in [1.165, 1.54) is 31.3 Å². The van der Waals surface area contributed by atoms with Crippen molar-refractivity contribution in [2.75, 3.05) is 6.61 Å². The zero-order valence-corrected chi connectivity index (χ0v) is 16.9. The van der Waals surface area contributed by atoms with Crippen molar-refractivity contribution >= 4 is 12.0 Å². The first-order valence-corrected chi connectivity index (χ1v) is 9.88. The molecule has 0 aromatic heterocycles. The third-order valence-corrected chi connectivity index (χ3v) is 6.81. The molecule has 2 aliphatic carbocycles. The highest BCUT2D eigenvalue weighted by Crippen LogP contribution is 2.78. The molecule has 2 nitrogen and oxygen atoms in total. The van der Waals surface area contributed by atoms with Crippen molar-refractivity contribution in [1.82, 2.24) is 0 Å². The molecule has 26 heavy (non-hydrogen) atoms. The monoisotopic (exact) mass is 352 g/mol. The molecule has 2 atom stereocenters. The first kappa shape index (κ1) is 18.9. The third-order valence-electron chi connectivity index (χ3n) is 6.81. The number of hydrogen-bond acceptors (Lipinski definition) is 2. The SMILES string of the molecule is CCOC(=O)c1ccc(C=C(C)C=CC23CC2(C)CCCC3(C)C)cc1. The highest BCUT2D eigenvalue weighted by atomic mass is 16.5. The molecule has 3 rings (SSSR count). The zero-order chi connectivity index (χ0) is 19.0. The van der Waals surface area contributed by atoms with Gasteiger partial charge in [0.1, 0.15) is 0 Å². The van der Waals surface area contributed by atoms with Crippen molar-refractivity contribution in [1.29, 1.82) is 0 Å². The standard InChI is InChI=1S/C24H32O2/c1-6-26-21(25)20-10-8-19(9-11-20)16-18(2)12-15-24-17-23(24,5)14-7-13-22(24,3)4/h8-12,15-16H,6-7,13-14,17H2,1-5H3. The summed E-state index contributed by atoms with van der Waals surface area (Å²) < 4.78 is 5.03. The van der Waals surface area contributed by atoms with E-state index in [1.54, 1.807) is 0 Å². The van der Waals surface area contributed by atoms with Gasteiger partial charge in [-0.2, -0.15) is 0 Å². The molecule has 0 spiro atoms. The maximum absolute atomic E-state index is 11.7. The van der Waals surface area contributed by atoms with Gasteiger partial charge in [-0.3, -0.25) is 0 Å². The summed E-state index contributed by atoms with van der Waals surface area (Å²) >= 11 is 0. The molecule has 0 N–H and O–H groups in total. The molecule has 2 fully saturated rings. The molecule has 0 amide bonds. The molecule has 1 aromatic carbocycles. The summed E-state index contributed by atoms with van der Waals surface area (Å²) in [6, 6.07) is 7.63. The lowest BCUT2D eigenvalue weighted by Crippen LogP contribution is -2.32. The van der Waals surface area contributed by atoms with Gasteiger partial charge in [0.2, 0.25) is 0 Å². The Morgan fingerprint density at radius 2 is 1.85 bits per heavy atom. The van der Waals surface area contributed by atoms with Crippen LogP contribution in [-0.2, 0) is 4.74 Å². The third kappa shape index (κ3) is 3.26. The van der Waals surface area contributed by atoms with Crippen LogP contribution >= 0.6 is 0 Å². The van der Waals surface area contributed by atoms with Crippen LogP contribution in [0.15, 0.2) is 42.0 Å². The summed E-state index contributed by atoms with van der Waals surface area (Å²) in [6.45, 7) is 11.7. The van der Waals surface area contributed by atoms with E-state index in [2.05, 4.69) is 45.9 Å². The van der Waals surface area contributed by atoms with Gasteiger partial charge < -0.3 is 4.74 Å². The van der Waals surface area contributed by atoms with Crippen molar-refractivity contribution in [3.05, 3.63) is 53.1 Å². The molecule has 0 radical (unpaired) electrons. The maximum Gasteiger partial charge on any atom is 0.338 e. The van der Waals surface area contributed by atoms with Crippen LogP contribution in [0.1, 0.15) is 76.2 Å². The van der Waals surface area contributed by atoms with Gasteiger partial charge in [-0.15, -0.1) is 0 Å². The molecule has 1 aromatic rings. The van der Waals surface area contributed by atoms with Crippen LogP contribution in [0.5, 0.6) is 0 Å². The van der Waals surface area contributed by atoms with Crippen molar-refractivity contribution in [3.63, 3.8) is 0 Å². The predicted molar refractivity (Wildman–Crippen MR) is 108 cm³/mol. The Kier molecular flexibility index (Phi) is 4.90. The topological polar surface area (TPSA) is 26.3 Å². The number of esters is 1. The molecular weight excluding hydrogens is 320 g/mol. The molecule has 0 aliphatic heterocycles. The Bertz CT molecular complexity index is 738. The van der Waals surface area contributed by atoms with E-state index in [0.29, 0.717) is 28.4 Å². The van der Waals surface area contributed by atoms with Crippen LogP contribution in [0.25, 0.3) is 6.08 Å². The smallest absolute Gasteiger partial charge is 0.338 e. The first-order chi connectivity index (χ1) is 12.2. The van der Waals surface area contributed by atoms with Gasteiger partial charge in [-0.05, 0) is 67.1 Å². The number of allylic oxidation sites excluding steroid dienone is 3. The Labute approximate surface area is 158 Å². The highest BCUT2D eigenvalue weighted by Gasteiger charge is 2.69. The van der Waals surface area contributed by atoms with Gasteiger partial charge in [-0.25, -0.2) is 4.79 Å². The lowest BCUT2D eigenvalue weighted by Gasteiger charge is -2.41. The number of carbonyl (C=O) groups excluding carboxylic acids is 1. The van der Waals surface area contributed by atoms with E-state index in [9.17, 15) is 4.79 Å². The lowest BCUT2D eigenvalue weighted by molar-refractivity contribution is 0.0526. The minimum atomic E-state index is -0.258. The quantitative estimate of drug-likeness (QED) is 0.451. The Hall–Kier alpha value is -1.83. The van der Waals surface area contributed by atoms with Crippen molar-refractivity contribution < 1.29 is 9.53 Å². The summed E-state index contributed by atoms with van der Waals surface area (Å²) in [5.74, 6) is -0.258. The summed E-state index contributed by atoms with van der Waals surface area (Å²) in [6.07, 6.45) is 12.3. The van der Waals surface area contributed by atoms with E-state index in [0.717, 1.165) is 5.56 Å². The van der Waals surface area contributed by atoms with Crippen LogP contribution in [0, 0.1) is 16.2 Å². The maximum atomic E-state index is 11.7. The van der Waals surface area contributed by atoms with Crippen LogP contribution in [0.3, 0.4) is 0 Å². The highest BCUT2D eigenvalue weighted by molar-refractivity contribution is 5.89. The Morgan fingerprint density at radius 1 is 1.15 bits per heavy atom. The second kappa shape index (κ2) is 6.72. The number of benzene rings is 1. The van der Waals surface area contributed by atoms with Gasteiger partial charge in [0, 0.05) is 0 Å². The fraction of sp³-hybridized carbons (Fsp3) is 0.542. The number of hydrogen-bond donors (Lipinski definition) is 0. The van der Waals surface area contributed by atoms with Crippen LogP contribution in [-0.4, -0.2) is 12.6 Å². The normalized spacial score (nSPS) is 30.1. The summed E-state index contributed by atoms with van der Waals surface area (Å²) in [7, 11) is 0. The zero-order valence-electron chi connectivity index (χ0n) is 16.9. The fourth-order valence-electron chi connectivity index (χ4n) is 5.08. The lowest BCUT2D eigenvalue weighted by atomic mass is 9.63. The molecule has 2 aliphatic rings. The van der Waals surface area contributed by atoms with E-state index in [1.807, 2.05) is 31.2 Å². The first-order valence-electron chi connectivity index (χ1n) is 9.88. The number of rotatable bonds is 5. The largest absolute Gasteiger partial charge is 0.462 e. The average Bonchev–Trinajstić information content (AvgIpc) is 3.21. The van der Waals surface area contributed by atoms with Crippen LogP contribution in [0.2, 0.25) is 0 Å². The molecule has 0 heterocycles. The minimum Gasteiger partial charge on any atom is -0.462 e. The second-order valence-corrected chi connectivity index (χ2v) is 9.01. The molecule has 2 heteroatoms. The minimum absolute atomic E-state index is 0.258. The number of fused-ring (bicyclic) bond motifs is 1. The van der Waals surface area contributed by atoms with Gasteiger partial charge in [0.25, 0.3) is 0 Å². The Morgan fingerprint density at radius 3 is 2.46 bits per heavy atom. The fourth-order valence-corrected chi connectivity index (χ4v) is 5.08. The van der Waals surface area contributed by atoms with E-state index < -0.39 is 0 Å². The number of ether oxygens (including phenoxy) is 1.